The number of nitrogens with zero attached hydrogens (tertiary/aromatic N) is 1. The summed E-state index contributed by atoms with van der Waals surface area (Å²) in [6, 6.07) is 5.04. The molecule has 0 amide bonds. The third kappa shape index (κ3) is 4.39. The minimum Gasteiger partial charge on any atom is -0.490 e. The Morgan fingerprint density at radius 2 is 2.05 bits per heavy atom. The number of rotatable bonds is 5. The lowest BCUT2D eigenvalue weighted by Crippen LogP contribution is -2.21. The monoisotopic (exact) mass is 285 g/mol. The number of alkyl halides is 1. The van der Waals surface area contributed by atoms with E-state index in [1.807, 2.05) is 6.07 Å². The van der Waals surface area contributed by atoms with Crippen molar-refractivity contribution in [2.75, 3.05) is 7.11 Å². The zero-order chi connectivity index (χ0) is 14.6. The summed E-state index contributed by atoms with van der Waals surface area (Å²) in [6.07, 6.45) is 1.50. The van der Waals surface area contributed by atoms with Gasteiger partial charge in [-0.15, -0.1) is 11.6 Å². The highest BCUT2D eigenvalue weighted by atomic mass is 35.5. The predicted molar refractivity (Wildman–Crippen MR) is 77.1 cm³/mol. The van der Waals surface area contributed by atoms with E-state index in [2.05, 4.69) is 20.8 Å². The van der Waals surface area contributed by atoms with Gasteiger partial charge in [0, 0.05) is 11.4 Å². The largest absolute Gasteiger partial charge is 0.490 e. The fourth-order valence-corrected chi connectivity index (χ4v) is 1.87. The lowest BCUT2D eigenvalue weighted by Gasteiger charge is -2.25. The van der Waals surface area contributed by atoms with E-state index >= 15 is 0 Å². The molecule has 0 N–H and O–H groups in total. The van der Waals surface area contributed by atoms with Gasteiger partial charge in [0.1, 0.15) is 0 Å². The molecule has 0 saturated heterocycles. The number of benzene rings is 1. The third-order valence-electron chi connectivity index (χ3n) is 3.07. The Hall–Kier alpha value is -1.29. The molecule has 1 rings (SSSR count). The molecule has 0 aliphatic carbocycles. The summed E-state index contributed by atoms with van der Waals surface area (Å²) in [5.74, 6) is 0.284. The van der Waals surface area contributed by atoms with Crippen LogP contribution in [0.25, 0.3) is 0 Å². The van der Waals surface area contributed by atoms with E-state index in [9.17, 15) is 10.1 Å². The molecular formula is C14H20ClNO3. The number of methoxy groups -OCH3 is 1. The molecular weight excluding hydrogens is 266 g/mol. The number of aryl methyl sites for hydroxylation is 1. The summed E-state index contributed by atoms with van der Waals surface area (Å²) in [5.41, 5.74) is 0.934. The Balaban J connectivity index is 2.81. The first kappa shape index (κ1) is 15.8. The van der Waals surface area contributed by atoms with Crippen LogP contribution >= 0.6 is 11.6 Å². The highest BCUT2D eigenvalue weighted by Gasteiger charge is 2.22. The molecule has 0 aliphatic rings. The number of halogens is 1. The van der Waals surface area contributed by atoms with Gasteiger partial charge in [-0.2, -0.15) is 0 Å². The summed E-state index contributed by atoms with van der Waals surface area (Å²) in [7, 11) is 1.43. The van der Waals surface area contributed by atoms with Gasteiger partial charge >= 0.3 is 5.69 Å². The van der Waals surface area contributed by atoms with Gasteiger partial charge in [-0.3, -0.25) is 10.1 Å². The number of hydrogen-bond donors (Lipinski definition) is 0. The molecule has 0 heterocycles. The van der Waals surface area contributed by atoms with Crippen LogP contribution in [0.5, 0.6) is 5.75 Å². The first-order valence-electron chi connectivity index (χ1n) is 6.21. The van der Waals surface area contributed by atoms with Gasteiger partial charge < -0.3 is 4.74 Å². The Morgan fingerprint density at radius 1 is 1.42 bits per heavy atom. The van der Waals surface area contributed by atoms with Crippen molar-refractivity contribution < 1.29 is 9.66 Å². The fourth-order valence-electron chi connectivity index (χ4n) is 1.76. The molecule has 19 heavy (non-hydrogen) atoms. The SMILES string of the molecule is COc1ccc(CCC(Cl)C(C)(C)C)cc1[N+](=O)[O-]. The molecule has 1 aromatic carbocycles. The van der Waals surface area contributed by atoms with Gasteiger partial charge in [0.15, 0.2) is 5.75 Å². The molecule has 1 atom stereocenters. The molecule has 0 aliphatic heterocycles. The molecule has 0 aromatic heterocycles. The van der Waals surface area contributed by atoms with Crippen molar-refractivity contribution in [2.24, 2.45) is 5.41 Å². The maximum absolute atomic E-state index is 10.9. The van der Waals surface area contributed by atoms with E-state index in [-0.39, 0.29) is 22.2 Å². The van der Waals surface area contributed by atoms with E-state index in [4.69, 9.17) is 16.3 Å². The van der Waals surface area contributed by atoms with Crippen molar-refractivity contribution >= 4 is 17.3 Å². The van der Waals surface area contributed by atoms with Gasteiger partial charge in [0.2, 0.25) is 0 Å². The summed E-state index contributed by atoms with van der Waals surface area (Å²) < 4.78 is 4.97. The maximum atomic E-state index is 10.9. The van der Waals surface area contributed by atoms with Gasteiger partial charge in [0.05, 0.1) is 12.0 Å². The number of nitro benzene ring substituents is 1. The minimum absolute atomic E-state index is 0.00174. The van der Waals surface area contributed by atoms with Gasteiger partial charge in [-0.05, 0) is 29.9 Å². The Labute approximate surface area is 118 Å². The molecule has 1 unspecified atom stereocenters. The fraction of sp³-hybridized carbons (Fsp3) is 0.571. The predicted octanol–water partition coefficient (Wildman–Crippen LogP) is 4.19. The Kier molecular flexibility index (Phi) is 5.18. The minimum atomic E-state index is -0.426. The van der Waals surface area contributed by atoms with Crippen molar-refractivity contribution in [2.45, 2.75) is 39.0 Å². The Morgan fingerprint density at radius 3 is 2.53 bits per heavy atom. The summed E-state index contributed by atoms with van der Waals surface area (Å²) >= 11 is 6.31. The van der Waals surface area contributed by atoms with E-state index in [0.717, 1.165) is 18.4 Å². The van der Waals surface area contributed by atoms with E-state index < -0.39 is 4.92 Å². The second kappa shape index (κ2) is 6.24. The topological polar surface area (TPSA) is 52.4 Å². The molecule has 0 bridgehead atoms. The maximum Gasteiger partial charge on any atom is 0.311 e. The molecule has 5 heteroatoms. The molecule has 106 valence electrons. The zero-order valence-corrected chi connectivity index (χ0v) is 12.5. The van der Waals surface area contributed by atoms with Crippen molar-refractivity contribution in [3.05, 3.63) is 33.9 Å². The van der Waals surface area contributed by atoms with Crippen LogP contribution < -0.4 is 4.74 Å². The molecule has 1 aromatic rings. The lowest BCUT2D eigenvalue weighted by atomic mass is 9.88. The van der Waals surface area contributed by atoms with E-state index in [1.54, 1.807) is 12.1 Å². The van der Waals surface area contributed by atoms with Crippen LogP contribution in [0.1, 0.15) is 32.8 Å². The highest BCUT2D eigenvalue weighted by molar-refractivity contribution is 6.21. The average Bonchev–Trinajstić information content (AvgIpc) is 2.34. The average molecular weight is 286 g/mol. The second-order valence-electron chi connectivity index (χ2n) is 5.64. The van der Waals surface area contributed by atoms with Crippen LogP contribution in [-0.4, -0.2) is 17.4 Å². The first-order chi connectivity index (χ1) is 8.75. The summed E-state index contributed by atoms with van der Waals surface area (Å²) in [4.78, 5) is 10.5. The smallest absolute Gasteiger partial charge is 0.311 e. The van der Waals surface area contributed by atoms with Crippen LogP contribution in [0.3, 0.4) is 0 Å². The quantitative estimate of drug-likeness (QED) is 0.463. The molecule has 0 spiro atoms. The van der Waals surface area contributed by atoms with Crippen molar-refractivity contribution in [1.82, 2.24) is 0 Å². The molecule has 0 fully saturated rings. The molecule has 0 saturated carbocycles. The number of nitro groups is 1. The van der Waals surface area contributed by atoms with E-state index in [0.29, 0.717) is 0 Å². The van der Waals surface area contributed by atoms with Crippen molar-refractivity contribution in [3.63, 3.8) is 0 Å². The lowest BCUT2D eigenvalue weighted by molar-refractivity contribution is -0.385. The number of hydrogen-bond acceptors (Lipinski definition) is 3. The van der Waals surface area contributed by atoms with Gasteiger partial charge in [-0.1, -0.05) is 26.8 Å². The van der Waals surface area contributed by atoms with Gasteiger partial charge in [0.25, 0.3) is 0 Å². The van der Waals surface area contributed by atoms with Crippen molar-refractivity contribution in [1.29, 1.82) is 0 Å². The first-order valence-corrected chi connectivity index (χ1v) is 6.64. The van der Waals surface area contributed by atoms with Gasteiger partial charge in [-0.25, -0.2) is 0 Å². The summed E-state index contributed by atoms with van der Waals surface area (Å²) in [6.45, 7) is 6.25. The van der Waals surface area contributed by atoms with Crippen LogP contribution in [0, 0.1) is 15.5 Å². The van der Waals surface area contributed by atoms with Crippen LogP contribution in [-0.2, 0) is 6.42 Å². The second-order valence-corrected chi connectivity index (χ2v) is 6.16. The highest BCUT2D eigenvalue weighted by Crippen LogP contribution is 2.31. The standard InChI is InChI=1S/C14H20ClNO3/c1-14(2,3)13(15)8-6-10-5-7-12(19-4)11(9-10)16(17)18/h5,7,9,13H,6,8H2,1-4H3. The molecule has 0 radical (unpaired) electrons. The van der Waals surface area contributed by atoms with Crippen LogP contribution in [0.15, 0.2) is 18.2 Å². The third-order valence-corrected chi connectivity index (χ3v) is 3.94. The normalized spacial score (nSPS) is 13.1. The Bertz CT molecular complexity index is 454. The van der Waals surface area contributed by atoms with Crippen molar-refractivity contribution in [3.8, 4) is 5.75 Å². The number of ether oxygens (including phenoxy) is 1. The molecule has 4 nitrogen and oxygen atoms in total. The van der Waals surface area contributed by atoms with Crippen LogP contribution in [0.2, 0.25) is 0 Å². The summed E-state index contributed by atoms with van der Waals surface area (Å²) in [5, 5.41) is 11.0. The zero-order valence-electron chi connectivity index (χ0n) is 11.8. The van der Waals surface area contributed by atoms with E-state index in [1.165, 1.54) is 7.11 Å². The van der Waals surface area contributed by atoms with Crippen LogP contribution in [0.4, 0.5) is 5.69 Å².